The maximum Gasteiger partial charge on any atom is 0.224 e. The molecule has 0 saturated carbocycles. The highest BCUT2D eigenvalue weighted by Crippen LogP contribution is 2.33. The third kappa shape index (κ3) is 7.98. The van der Waals surface area contributed by atoms with E-state index in [1.807, 2.05) is 38.1 Å². The van der Waals surface area contributed by atoms with Gasteiger partial charge in [0.25, 0.3) is 0 Å². The average Bonchev–Trinajstić information content (AvgIpc) is 2.67. The zero-order chi connectivity index (χ0) is 22.1. The Morgan fingerprint density at radius 1 is 1.27 bits per heavy atom. The summed E-state index contributed by atoms with van der Waals surface area (Å²) in [6.07, 6.45) is 3.06. The molecule has 1 saturated heterocycles. The molecule has 2 unspecified atom stereocenters. The van der Waals surface area contributed by atoms with Gasteiger partial charge in [-0.25, -0.2) is 0 Å². The molecule has 6 heteroatoms. The molecule has 1 amide bonds. The molecule has 2 rings (SSSR count). The van der Waals surface area contributed by atoms with Crippen LogP contribution in [0.1, 0.15) is 59.4 Å². The fraction of sp³-hybridized carbons (Fsp3) is 0.667. The summed E-state index contributed by atoms with van der Waals surface area (Å²) < 4.78 is 6.08. The molecule has 0 spiro atoms. The van der Waals surface area contributed by atoms with E-state index in [2.05, 4.69) is 41.7 Å². The lowest BCUT2D eigenvalue weighted by atomic mass is 9.78. The van der Waals surface area contributed by atoms with E-state index in [1.165, 1.54) is 6.42 Å². The van der Waals surface area contributed by atoms with Crippen molar-refractivity contribution < 1.29 is 9.53 Å². The highest BCUT2D eigenvalue weighted by molar-refractivity contribution is 5.90. The predicted octanol–water partition coefficient (Wildman–Crippen LogP) is 4.18. The standard InChI is InChI=1S/C24H40N4O2/c1-17(2)13-21(29)28-20-11-7-9-18(14-20)15-26-23(25-6)27-16-19-10-8-12-30-22(19)24(3,4)5/h7,9,11,14,17,19,22H,8,10,12-13,15-16H2,1-6H3,(H,28,29)(H2,25,26,27). The lowest BCUT2D eigenvalue weighted by Gasteiger charge is -2.40. The van der Waals surface area contributed by atoms with Crippen LogP contribution in [-0.4, -0.2) is 38.2 Å². The highest BCUT2D eigenvalue weighted by Gasteiger charge is 2.35. The first kappa shape index (κ1) is 24.2. The lowest BCUT2D eigenvalue weighted by Crippen LogP contribution is -2.47. The number of nitrogens with one attached hydrogen (secondary N) is 3. The van der Waals surface area contributed by atoms with Crippen LogP contribution in [0.4, 0.5) is 5.69 Å². The number of benzene rings is 1. The van der Waals surface area contributed by atoms with Gasteiger partial charge < -0.3 is 20.7 Å². The SMILES string of the molecule is CN=C(NCc1cccc(NC(=O)CC(C)C)c1)NCC1CCCOC1C(C)(C)C. The van der Waals surface area contributed by atoms with Crippen molar-refractivity contribution in [2.75, 3.05) is 25.5 Å². The van der Waals surface area contributed by atoms with Gasteiger partial charge in [0.2, 0.25) is 5.91 Å². The summed E-state index contributed by atoms with van der Waals surface area (Å²) in [6.45, 7) is 13.2. The molecule has 1 aliphatic heterocycles. The van der Waals surface area contributed by atoms with Gasteiger partial charge >= 0.3 is 0 Å². The van der Waals surface area contributed by atoms with Crippen LogP contribution >= 0.6 is 0 Å². The smallest absolute Gasteiger partial charge is 0.224 e. The van der Waals surface area contributed by atoms with Gasteiger partial charge in [-0.05, 0) is 41.9 Å². The van der Waals surface area contributed by atoms with Gasteiger partial charge in [-0.2, -0.15) is 0 Å². The Balaban J connectivity index is 1.87. The quantitative estimate of drug-likeness (QED) is 0.460. The number of guanidine groups is 1. The first-order valence-corrected chi connectivity index (χ1v) is 11.1. The number of rotatable bonds is 7. The van der Waals surface area contributed by atoms with Crippen molar-refractivity contribution >= 4 is 17.6 Å². The van der Waals surface area contributed by atoms with E-state index in [0.29, 0.717) is 24.8 Å². The Bertz CT molecular complexity index is 709. The van der Waals surface area contributed by atoms with Gasteiger partial charge in [0.1, 0.15) is 0 Å². The summed E-state index contributed by atoms with van der Waals surface area (Å²) in [5, 5.41) is 9.82. The second-order valence-corrected chi connectivity index (χ2v) is 9.71. The van der Waals surface area contributed by atoms with Gasteiger partial charge in [-0.1, -0.05) is 46.8 Å². The minimum Gasteiger partial charge on any atom is -0.377 e. The van der Waals surface area contributed by atoms with Gasteiger partial charge in [-0.3, -0.25) is 9.79 Å². The van der Waals surface area contributed by atoms with Crippen LogP contribution in [0, 0.1) is 17.3 Å². The Morgan fingerprint density at radius 3 is 2.70 bits per heavy atom. The monoisotopic (exact) mass is 416 g/mol. The Morgan fingerprint density at radius 2 is 2.03 bits per heavy atom. The Hall–Kier alpha value is -2.08. The van der Waals surface area contributed by atoms with Crippen LogP contribution in [0.25, 0.3) is 0 Å². The molecule has 0 aliphatic carbocycles. The predicted molar refractivity (Wildman–Crippen MR) is 125 cm³/mol. The molecule has 168 valence electrons. The van der Waals surface area contributed by atoms with Gasteiger partial charge in [0.15, 0.2) is 5.96 Å². The van der Waals surface area contributed by atoms with Crippen LogP contribution < -0.4 is 16.0 Å². The second-order valence-electron chi connectivity index (χ2n) is 9.71. The first-order chi connectivity index (χ1) is 14.2. The van der Waals surface area contributed by atoms with E-state index in [-0.39, 0.29) is 17.4 Å². The molecular formula is C24H40N4O2. The molecule has 3 N–H and O–H groups in total. The number of ether oxygens (including phenoxy) is 1. The van der Waals surface area contributed by atoms with Crippen LogP contribution in [-0.2, 0) is 16.1 Å². The number of anilines is 1. The number of carbonyl (C=O) groups is 1. The Kier molecular flexibility index (Phi) is 9.15. The molecule has 2 atom stereocenters. The maximum absolute atomic E-state index is 12.0. The normalized spacial score (nSPS) is 20.2. The molecule has 1 fully saturated rings. The topological polar surface area (TPSA) is 74.8 Å². The highest BCUT2D eigenvalue weighted by atomic mass is 16.5. The second kappa shape index (κ2) is 11.3. The van der Waals surface area contributed by atoms with E-state index in [0.717, 1.165) is 36.8 Å². The van der Waals surface area contributed by atoms with Gasteiger partial charge in [0, 0.05) is 44.8 Å². The van der Waals surface area contributed by atoms with Gasteiger partial charge in [0.05, 0.1) is 6.10 Å². The van der Waals surface area contributed by atoms with Crippen LogP contribution in [0.3, 0.4) is 0 Å². The minimum atomic E-state index is 0.0516. The van der Waals surface area contributed by atoms with Crippen molar-refractivity contribution in [2.24, 2.45) is 22.2 Å². The Labute approximate surface area is 182 Å². The minimum absolute atomic E-state index is 0.0516. The van der Waals surface area contributed by atoms with Crippen molar-refractivity contribution in [1.82, 2.24) is 10.6 Å². The maximum atomic E-state index is 12.0. The molecule has 0 bridgehead atoms. The number of hydrogen-bond donors (Lipinski definition) is 3. The fourth-order valence-electron chi connectivity index (χ4n) is 3.99. The van der Waals surface area contributed by atoms with E-state index < -0.39 is 0 Å². The molecule has 1 aromatic carbocycles. The summed E-state index contributed by atoms with van der Waals surface area (Å²) >= 11 is 0. The largest absolute Gasteiger partial charge is 0.377 e. The molecule has 1 aromatic rings. The molecule has 0 radical (unpaired) electrons. The summed E-state index contributed by atoms with van der Waals surface area (Å²) in [6, 6.07) is 7.93. The third-order valence-corrected chi connectivity index (χ3v) is 5.32. The molecule has 6 nitrogen and oxygen atoms in total. The summed E-state index contributed by atoms with van der Waals surface area (Å²) in [5.41, 5.74) is 2.05. The van der Waals surface area contributed by atoms with E-state index >= 15 is 0 Å². The average molecular weight is 417 g/mol. The van der Waals surface area contributed by atoms with Crippen LogP contribution in [0.5, 0.6) is 0 Å². The van der Waals surface area contributed by atoms with Gasteiger partial charge in [-0.15, -0.1) is 0 Å². The molecule has 1 aliphatic rings. The lowest BCUT2D eigenvalue weighted by molar-refractivity contribution is -0.116. The van der Waals surface area contributed by atoms with E-state index in [9.17, 15) is 4.79 Å². The van der Waals surface area contributed by atoms with Crippen molar-refractivity contribution in [1.29, 1.82) is 0 Å². The molecule has 30 heavy (non-hydrogen) atoms. The zero-order valence-corrected chi connectivity index (χ0v) is 19.5. The zero-order valence-electron chi connectivity index (χ0n) is 19.5. The number of aliphatic imine (C=N–C) groups is 1. The van der Waals surface area contributed by atoms with Crippen LogP contribution in [0.2, 0.25) is 0 Å². The number of amides is 1. The first-order valence-electron chi connectivity index (χ1n) is 11.1. The van der Waals surface area contributed by atoms with E-state index in [4.69, 9.17) is 4.74 Å². The van der Waals surface area contributed by atoms with E-state index in [1.54, 1.807) is 7.05 Å². The molecular weight excluding hydrogens is 376 g/mol. The van der Waals surface area contributed by atoms with Crippen molar-refractivity contribution in [2.45, 2.75) is 66.5 Å². The van der Waals surface area contributed by atoms with Crippen molar-refractivity contribution in [3.05, 3.63) is 29.8 Å². The third-order valence-electron chi connectivity index (χ3n) is 5.32. The molecule has 1 heterocycles. The fourth-order valence-corrected chi connectivity index (χ4v) is 3.99. The van der Waals surface area contributed by atoms with Crippen molar-refractivity contribution in [3.8, 4) is 0 Å². The van der Waals surface area contributed by atoms with Crippen LogP contribution in [0.15, 0.2) is 29.3 Å². The summed E-state index contributed by atoms with van der Waals surface area (Å²) in [5.74, 6) is 1.65. The summed E-state index contributed by atoms with van der Waals surface area (Å²) in [4.78, 5) is 16.4. The number of nitrogens with zero attached hydrogens (tertiary/aromatic N) is 1. The van der Waals surface area contributed by atoms with Crippen molar-refractivity contribution in [3.63, 3.8) is 0 Å². The number of carbonyl (C=O) groups excluding carboxylic acids is 1. The number of hydrogen-bond acceptors (Lipinski definition) is 3. The summed E-state index contributed by atoms with van der Waals surface area (Å²) in [7, 11) is 1.79. The molecule has 0 aromatic heterocycles.